The Kier molecular flexibility index (Phi) is 2.23. The molecule has 0 amide bonds. The Morgan fingerprint density at radius 3 is 2.79 bits per heavy atom. The van der Waals surface area contributed by atoms with Crippen molar-refractivity contribution in [2.45, 2.75) is 26.3 Å². The second-order valence-corrected chi connectivity index (χ2v) is 3.83. The van der Waals surface area contributed by atoms with Crippen LogP contribution in [0.1, 0.15) is 18.5 Å². The SMILES string of the molecule is Cc1cccc(=O)n1CC(=O)C1CC1. The summed E-state index contributed by atoms with van der Waals surface area (Å²) in [6.45, 7) is 2.09. The first-order chi connectivity index (χ1) is 6.68. The molecule has 1 aliphatic rings. The summed E-state index contributed by atoms with van der Waals surface area (Å²) in [6.07, 6.45) is 2.00. The lowest BCUT2D eigenvalue weighted by Gasteiger charge is -2.07. The van der Waals surface area contributed by atoms with Gasteiger partial charge in [-0.25, -0.2) is 0 Å². The Morgan fingerprint density at radius 1 is 1.50 bits per heavy atom. The molecular weight excluding hydrogens is 178 g/mol. The van der Waals surface area contributed by atoms with Gasteiger partial charge in [-0.15, -0.1) is 0 Å². The largest absolute Gasteiger partial charge is 0.306 e. The van der Waals surface area contributed by atoms with E-state index in [0.29, 0.717) is 0 Å². The molecule has 0 bridgehead atoms. The Labute approximate surface area is 82.4 Å². The lowest BCUT2D eigenvalue weighted by molar-refractivity contribution is -0.120. The summed E-state index contributed by atoms with van der Waals surface area (Å²) in [5, 5.41) is 0. The van der Waals surface area contributed by atoms with E-state index in [9.17, 15) is 9.59 Å². The minimum Gasteiger partial charge on any atom is -0.306 e. The number of Topliss-reactive ketones (excluding diaryl/α,β-unsaturated/α-hetero) is 1. The molecule has 0 N–H and O–H groups in total. The van der Waals surface area contributed by atoms with Crippen LogP contribution in [0.2, 0.25) is 0 Å². The third kappa shape index (κ3) is 1.76. The van der Waals surface area contributed by atoms with Gasteiger partial charge < -0.3 is 4.57 Å². The number of nitrogens with zero attached hydrogens (tertiary/aromatic N) is 1. The number of carbonyl (C=O) groups excluding carboxylic acids is 1. The van der Waals surface area contributed by atoms with Gasteiger partial charge in [0.1, 0.15) is 0 Å². The first-order valence-corrected chi connectivity index (χ1v) is 4.87. The van der Waals surface area contributed by atoms with Crippen LogP contribution >= 0.6 is 0 Å². The highest BCUT2D eigenvalue weighted by Crippen LogP contribution is 2.30. The van der Waals surface area contributed by atoms with Crippen molar-refractivity contribution < 1.29 is 4.79 Å². The molecule has 0 aliphatic heterocycles. The van der Waals surface area contributed by atoms with Crippen molar-refractivity contribution in [3.05, 3.63) is 34.2 Å². The molecule has 14 heavy (non-hydrogen) atoms. The minimum absolute atomic E-state index is 0.0843. The van der Waals surface area contributed by atoms with Gasteiger partial charge in [-0.3, -0.25) is 9.59 Å². The first-order valence-electron chi connectivity index (χ1n) is 4.87. The van der Waals surface area contributed by atoms with E-state index in [0.717, 1.165) is 18.5 Å². The van der Waals surface area contributed by atoms with E-state index in [2.05, 4.69) is 0 Å². The maximum atomic E-state index is 11.5. The predicted octanol–water partition coefficient (Wildman–Crippen LogP) is 1.14. The van der Waals surface area contributed by atoms with Crippen molar-refractivity contribution in [3.8, 4) is 0 Å². The smallest absolute Gasteiger partial charge is 0.251 e. The summed E-state index contributed by atoms with van der Waals surface area (Å²) in [5.74, 6) is 0.419. The number of aryl methyl sites for hydroxylation is 1. The Hall–Kier alpha value is -1.38. The van der Waals surface area contributed by atoms with Gasteiger partial charge in [0.25, 0.3) is 5.56 Å². The van der Waals surface area contributed by atoms with E-state index >= 15 is 0 Å². The molecule has 0 saturated heterocycles. The summed E-state index contributed by atoms with van der Waals surface area (Å²) >= 11 is 0. The second-order valence-electron chi connectivity index (χ2n) is 3.83. The third-order valence-corrected chi connectivity index (χ3v) is 2.61. The van der Waals surface area contributed by atoms with Crippen LogP contribution in [0.15, 0.2) is 23.0 Å². The lowest BCUT2D eigenvalue weighted by Crippen LogP contribution is -2.25. The second kappa shape index (κ2) is 3.40. The van der Waals surface area contributed by atoms with Crippen LogP contribution in [0.3, 0.4) is 0 Å². The van der Waals surface area contributed by atoms with Crippen molar-refractivity contribution in [3.63, 3.8) is 0 Å². The van der Waals surface area contributed by atoms with Crippen LogP contribution in [-0.2, 0) is 11.3 Å². The van der Waals surface area contributed by atoms with Gasteiger partial charge >= 0.3 is 0 Å². The standard InChI is InChI=1S/C11H13NO2/c1-8-3-2-4-11(14)12(8)7-10(13)9-5-6-9/h2-4,9H,5-7H2,1H3. The minimum atomic E-state index is -0.0843. The molecule has 3 nitrogen and oxygen atoms in total. The van der Waals surface area contributed by atoms with Gasteiger partial charge in [0, 0.05) is 17.7 Å². The predicted molar refractivity (Wildman–Crippen MR) is 53.2 cm³/mol. The molecule has 1 aromatic rings. The summed E-state index contributed by atoms with van der Waals surface area (Å²) in [4.78, 5) is 22.9. The highest BCUT2D eigenvalue weighted by molar-refractivity contribution is 5.82. The highest BCUT2D eigenvalue weighted by atomic mass is 16.1. The number of rotatable bonds is 3. The van der Waals surface area contributed by atoms with Crippen molar-refractivity contribution in [2.24, 2.45) is 5.92 Å². The van der Waals surface area contributed by atoms with E-state index in [1.165, 1.54) is 6.07 Å². The molecule has 1 heterocycles. The molecule has 74 valence electrons. The molecule has 3 heteroatoms. The van der Waals surface area contributed by atoms with E-state index in [4.69, 9.17) is 0 Å². The first kappa shape index (κ1) is 9.19. The van der Waals surface area contributed by atoms with Gasteiger partial charge in [0.15, 0.2) is 5.78 Å². The molecule has 0 atom stereocenters. The lowest BCUT2D eigenvalue weighted by atomic mass is 10.2. The van der Waals surface area contributed by atoms with Crippen LogP contribution in [0.25, 0.3) is 0 Å². The van der Waals surface area contributed by atoms with Gasteiger partial charge in [-0.05, 0) is 25.8 Å². The molecule has 1 aliphatic carbocycles. The molecule has 2 rings (SSSR count). The van der Waals surface area contributed by atoms with Crippen molar-refractivity contribution in [1.82, 2.24) is 4.57 Å². The normalized spacial score (nSPS) is 15.5. The van der Waals surface area contributed by atoms with Crippen LogP contribution in [0, 0.1) is 12.8 Å². The van der Waals surface area contributed by atoms with Crippen molar-refractivity contribution in [2.75, 3.05) is 0 Å². The molecule has 0 aromatic carbocycles. The number of hydrogen-bond donors (Lipinski definition) is 0. The number of ketones is 1. The number of carbonyl (C=O) groups is 1. The zero-order valence-corrected chi connectivity index (χ0v) is 8.19. The summed E-state index contributed by atoms with van der Waals surface area (Å²) in [5.41, 5.74) is 0.769. The van der Waals surface area contributed by atoms with Crippen LogP contribution < -0.4 is 5.56 Å². The summed E-state index contributed by atoms with van der Waals surface area (Å²) in [6, 6.07) is 5.06. The third-order valence-electron chi connectivity index (χ3n) is 2.61. The molecule has 0 spiro atoms. The van der Waals surface area contributed by atoms with E-state index in [-0.39, 0.29) is 23.8 Å². The van der Waals surface area contributed by atoms with Crippen LogP contribution in [0.4, 0.5) is 0 Å². The van der Waals surface area contributed by atoms with Crippen LogP contribution in [0.5, 0.6) is 0 Å². The average molecular weight is 191 g/mol. The van der Waals surface area contributed by atoms with E-state index in [1.807, 2.05) is 13.0 Å². The Bertz CT molecular complexity index is 416. The maximum Gasteiger partial charge on any atom is 0.251 e. The van der Waals surface area contributed by atoms with Gasteiger partial charge in [0.2, 0.25) is 0 Å². The summed E-state index contributed by atoms with van der Waals surface area (Å²) < 4.78 is 1.54. The molecule has 0 radical (unpaired) electrons. The Morgan fingerprint density at radius 2 is 2.21 bits per heavy atom. The fraction of sp³-hybridized carbons (Fsp3) is 0.455. The van der Waals surface area contributed by atoms with Gasteiger partial charge in [0.05, 0.1) is 6.54 Å². The topological polar surface area (TPSA) is 39.1 Å². The molecule has 1 fully saturated rings. The average Bonchev–Trinajstić information content (AvgIpc) is 2.94. The van der Waals surface area contributed by atoms with Crippen LogP contribution in [-0.4, -0.2) is 10.4 Å². The van der Waals surface area contributed by atoms with Crippen molar-refractivity contribution in [1.29, 1.82) is 0 Å². The number of aromatic nitrogens is 1. The molecule has 1 aromatic heterocycles. The van der Waals surface area contributed by atoms with E-state index < -0.39 is 0 Å². The van der Waals surface area contributed by atoms with E-state index in [1.54, 1.807) is 10.6 Å². The monoisotopic (exact) mass is 191 g/mol. The fourth-order valence-electron chi connectivity index (χ4n) is 1.52. The highest BCUT2D eigenvalue weighted by Gasteiger charge is 2.29. The Balaban J connectivity index is 2.23. The zero-order chi connectivity index (χ0) is 10.1. The summed E-state index contributed by atoms with van der Waals surface area (Å²) in [7, 11) is 0. The molecule has 1 saturated carbocycles. The zero-order valence-electron chi connectivity index (χ0n) is 8.19. The number of pyridine rings is 1. The molecule has 0 unspecified atom stereocenters. The van der Waals surface area contributed by atoms with Gasteiger partial charge in [-0.2, -0.15) is 0 Å². The number of hydrogen-bond acceptors (Lipinski definition) is 2. The van der Waals surface area contributed by atoms with Crippen molar-refractivity contribution >= 4 is 5.78 Å². The fourth-order valence-corrected chi connectivity index (χ4v) is 1.52. The maximum absolute atomic E-state index is 11.5. The quantitative estimate of drug-likeness (QED) is 0.718. The van der Waals surface area contributed by atoms with Gasteiger partial charge in [-0.1, -0.05) is 6.07 Å². The molecular formula is C11H13NO2.